The van der Waals surface area contributed by atoms with Crippen molar-refractivity contribution in [2.24, 2.45) is 0 Å². The molecule has 4 aromatic rings. The molecule has 0 amide bonds. The summed E-state index contributed by atoms with van der Waals surface area (Å²) in [5.74, 6) is 1.38. The van der Waals surface area contributed by atoms with Gasteiger partial charge in [-0.05, 0) is 42.8 Å². The van der Waals surface area contributed by atoms with Crippen LogP contribution < -0.4 is 5.32 Å². The van der Waals surface area contributed by atoms with Gasteiger partial charge in [-0.2, -0.15) is 0 Å². The molecule has 3 aromatic carbocycles. The van der Waals surface area contributed by atoms with Crippen LogP contribution >= 0.6 is 11.6 Å². The summed E-state index contributed by atoms with van der Waals surface area (Å²) < 4.78 is 0. The van der Waals surface area contributed by atoms with Crippen LogP contribution in [0.25, 0.3) is 22.3 Å². The standard InChI is InChI=1S/C21H16ClN3/c1-14-8-2-6-12-18(14)23-21-16-10-4-7-13-19(16)24-20(25-21)15-9-3-5-11-17(15)22/h2-13H,1H3,(H,23,24,25). The van der Waals surface area contributed by atoms with Crippen molar-refractivity contribution < 1.29 is 0 Å². The lowest BCUT2D eigenvalue weighted by Crippen LogP contribution is -2.00. The molecule has 0 atom stereocenters. The number of rotatable bonds is 3. The molecule has 0 radical (unpaired) electrons. The van der Waals surface area contributed by atoms with Gasteiger partial charge in [-0.25, -0.2) is 9.97 Å². The molecule has 0 fully saturated rings. The Balaban J connectivity index is 1.91. The SMILES string of the molecule is Cc1ccccc1Nc1nc(-c2ccccc2Cl)nc2ccccc12. The summed E-state index contributed by atoms with van der Waals surface area (Å²) in [4.78, 5) is 9.46. The number of halogens is 1. The Bertz CT molecular complexity index is 1060. The Labute approximate surface area is 151 Å². The van der Waals surface area contributed by atoms with Crippen molar-refractivity contribution in [2.45, 2.75) is 6.92 Å². The van der Waals surface area contributed by atoms with Crippen molar-refractivity contribution in [1.29, 1.82) is 0 Å². The van der Waals surface area contributed by atoms with Crippen molar-refractivity contribution in [1.82, 2.24) is 9.97 Å². The molecule has 122 valence electrons. The van der Waals surface area contributed by atoms with Gasteiger partial charge in [0.2, 0.25) is 0 Å². The molecule has 1 aromatic heterocycles. The fourth-order valence-electron chi connectivity index (χ4n) is 2.78. The molecular weight excluding hydrogens is 330 g/mol. The van der Waals surface area contributed by atoms with Gasteiger partial charge < -0.3 is 5.32 Å². The Morgan fingerprint density at radius 1 is 0.800 bits per heavy atom. The minimum atomic E-state index is 0.611. The van der Waals surface area contributed by atoms with E-state index in [2.05, 4.69) is 18.3 Å². The zero-order chi connectivity index (χ0) is 17.2. The second kappa shape index (κ2) is 6.54. The number of benzene rings is 3. The minimum Gasteiger partial charge on any atom is -0.339 e. The van der Waals surface area contributed by atoms with Crippen molar-refractivity contribution in [3.8, 4) is 11.4 Å². The van der Waals surface area contributed by atoms with Gasteiger partial charge in [0.1, 0.15) is 5.82 Å². The third-order valence-electron chi connectivity index (χ3n) is 4.12. The smallest absolute Gasteiger partial charge is 0.163 e. The maximum absolute atomic E-state index is 6.35. The van der Waals surface area contributed by atoms with E-state index in [0.29, 0.717) is 10.8 Å². The van der Waals surface area contributed by atoms with Crippen LogP contribution in [0.2, 0.25) is 5.02 Å². The fourth-order valence-corrected chi connectivity index (χ4v) is 3.00. The molecule has 1 heterocycles. The number of fused-ring (bicyclic) bond motifs is 1. The second-order valence-electron chi connectivity index (χ2n) is 5.83. The zero-order valence-corrected chi connectivity index (χ0v) is 14.5. The van der Waals surface area contributed by atoms with Gasteiger partial charge in [0.05, 0.1) is 10.5 Å². The van der Waals surface area contributed by atoms with Crippen molar-refractivity contribution in [2.75, 3.05) is 5.32 Å². The maximum Gasteiger partial charge on any atom is 0.163 e. The van der Waals surface area contributed by atoms with E-state index >= 15 is 0 Å². The summed E-state index contributed by atoms with van der Waals surface area (Å²) >= 11 is 6.35. The average molecular weight is 346 g/mol. The van der Waals surface area contributed by atoms with Crippen LogP contribution in [-0.2, 0) is 0 Å². The van der Waals surface area contributed by atoms with E-state index in [9.17, 15) is 0 Å². The molecule has 0 saturated carbocycles. The molecule has 25 heavy (non-hydrogen) atoms. The first-order valence-corrected chi connectivity index (χ1v) is 8.44. The van der Waals surface area contributed by atoms with E-state index < -0.39 is 0 Å². The first-order chi connectivity index (χ1) is 12.2. The van der Waals surface area contributed by atoms with E-state index in [1.54, 1.807) is 0 Å². The van der Waals surface area contributed by atoms with Crippen molar-refractivity contribution >= 4 is 34.0 Å². The minimum absolute atomic E-state index is 0.611. The first kappa shape index (κ1) is 15.6. The third-order valence-corrected chi connectivity index (χ3v) is 4.45. The quantitative estimate of drug-likeness (QED) is 0.494. The first-order valence-electron chi connectivity index (χ1n) is 8.07. The van der Waals surface area contributed by atoms with Crippen LogP contribution in [0.4, 0.5) is 11.5 Å². The number of anilines is 2. The molecule has 0 aliphatic rings. The molecule has 0 unspecified atom stereocenters. The molecule has 0 aliphatic carbocycles. The zero-order valence-electron chi connectivity index (χ0n) is 13.7. The van der Waals surface area contributed by atoms with Crippen LogP contribution in [0.1, 0.15) is 5.56 Å². The lowest BCUT2D eigenvalue weighted by Gasteiger charge is -2.13. The highest BCUT2D eigenvalue weighted by molar-refractivity contribution is 6.33. The molecular formula is C21H16ClN3. The van der Waals surface area contributed by atoms with E-state index in [1.807, 2.05) is 66.7 Å². The largest absolute Gasteiger partial charge is 0.339 e. The Morgan fingerprint density at radius 2 is 1.52 bits per heavy atom. The summed E-state index contributed by atoms with van der Waals surface area (Å²) in [5, 5.41) is 5.06. The van der Waals surface area contributed by atoms with Crippen LogP contribution in [0.3, 0.4) is 0 Å². The Morgan fingerprint density at radius 3 is 2.36 bits per heavy atom. The van der Waals surface area contributed by atoms with Gasteiger partial charge in [0, 0.05) is 16.6 Å². The van der Waals surface area contributed by atoms with Crippen LogP contribution in [0, 0.1) is 6.92 Å². The lowest BCUT2D eigenvalue weighted by atomic mass is 10.1. The van der Waals surface area contributed by atoms with Crippen molar-refractivity contribution in [3.63, 3.8) is 0 Å². The highest BCUT2D eigenvalue weighted by atomic mass is 35.5. The van der Waals surface area contributed by atoms with E-state index in [1.165, 1.54) is 0 Å². The molecule has 4 heteroatoms. The van der Waals surface area contributed by atoms with Gasteiger partial charge >= 0.3 is 0 Å². The van der Waals surface area contributed by atoms with E-state index in [4.69, 9.17) is 21.6 Å². The fraction of sp³-hybridized carbons (Fsp3) is 0.0476. The summed E-state index contributed by atoms with van der Waals surface area (Å²) in [6, 6.07) is 23.7. The topological polar surface area (TPSA) is 37.8 Å². The molecule has 0 bridgehead atoms. The number of hydrogen-bond acceptors (Lipinski definition) is 3. The Kier molecular flexibility index (Phi) is 4.08. The monoisotopic (exact) mass is 345 g/mol. The van der Waals surface area contributed by atoms with Crippen molar-refractivity contribution in [3.05, 3.63) is 83.4 Å². The number of hydrogen-bond donors (Lipinski definition) is 1. The van der Waals surface area contributed by atoms with Gasteiger partial charge in [0.15, 0.2) is 5.82 Å². The highest BCUT2D eigenvalue weighted by Gasteiger charge is 2.12. The molecule has 3 nitrogen and oxygen atoms in total. The summed E-state index contributed by atoms with van der Waals surface area (Å²) in [6.07, 6.45) is 0. The van der Waals surface area contributed by atoms with E-state index in [0.717, 1.165) is 33.5 Å². The second-order valence-corrected chi connectivity index (χ2v) is 6.24. The normalized spacial score (nSPS) is 10.8. The predicted octanol–water partition coefficient (Wildman–Crippen LogP) is 6.00. The molecule has 1 N–H and O–H groups in total. The number of aryl methyl sites for hydroxylation is 1. The lowest BCUT2D eigenvalue weighted by molar-refractivity contribution is 1.22. The summed E-state index contributed by atoms with van der Waals surface area (Å²) in [7, 11) is 0. The number of para-hydroxylation sites is 2. The van der Waals surface area contributed by atoms with E-state index in [-0.39, 0.29) is 0 Å². The highest BCUT2D eigenvalue weighted by Crippen LogP contribution is 2.31. The van der Waals surface area contributed by atoms with Gasteiger partial charge in [-0.15, -0.1) is 0 Å². The summed E-state index contributed by atoms with van der Waals surface area (Å²) in [5.41, 5.74) is 3.88. The molecule has 0 saturated heterocycles. The number of nitrogens with zero attached hydrogens (tertiary/aromatic N) is 2. The molecule has 0 aliphatic heterocycles. The average Bonchev–Trinajstić information content (AvgIpc) is 2.64. The Hall–Kier alpha value is -2.91. The number of nitrogens with one attached hydrogen (secondary N) is 1. The molecule has 0 spiro atoms. The predicted molar refractivity (Wildman–Crippen MR) is 104 cm³/mol. The van der Waals surface area contributed by atoms with Crippen LogP contribution in [0.5, 0.6) is 0 Å². The van der Waals surface area contributed by atoms with Crippen LogP contribution in [0.15, 0.2) is 72.8 Å². The van der Waals surface area contributed by atoms with Crippen LogP contribution in [-0.4, -0.2) is 9.97 Å². The summed E-state index contributed by atoms with van der Waals surface area (Å²) in [6.45, 7) is 2.07. The van der Waals surface area contributed by atoms with Gasteiger partial charge in [-0.3, -0.25) is 0 Å². The van der Waals surface area contributed by atoms with Gasteiger partial charge in [0.25, 0.3) is 0 Å². The molecule has 4 rings (SSSR count). The number of aromatic nitrogens is 2. The van der Waals surface area contributed by atoms with Gasteiger partial charge in [-0.1, -0.05) is 54.1 Å². The third kappa shape index (κ3) is 3.06. The maximum atomic E-state index is 6.35.